The van der Waals surface area contributed by atoms with Crippen LogP contribution in [0, 0.1) is 0 Å². The van der Waals surface area contributed by atoms with E-state index in [0.717, 1.165) is 48.7 Å². The molecule has 3 nitrogen and oxygen atoms in total. The fourth-order valence-corrected chi connectivity index (χ4v) is 3.83. The zero-order chi connectivity index (χ0) is 13.8. The van der Waals surface area contributed by atoms with E-state index >= 15 is 0 Å². The predicted octanol–water partition coefficient (Wildman–Crippen LogP) is 3.75. The molecule has 20 heavy (non-hydrogen) atoms. The summed E-state index contributed by atoms with van der Waals surface area (Å²) in [4.78, 5) is 13.9. The van der Waals surface area contributed by atoms with Crippen molar-refractivity contribution in [3.63, 3.8) is 0 Å². The van der Waals surface area contributed by atoms with Crippen molar-refractivity contribution in [1.29, 1.82) is 0 Å². The average molecular weight is 358 g/mol. The highest BCUT2D eigenvalue weighted by atomic mass is 35.5. The first-order valence-electron chi connectivity index (χ1n) is 6.53. The lowest BCUT2D eigenvalue weighted by Gasteiger charge is -2.30. The van der Waals surface area contributed by atoms with Crippen LogP contribution in [0.5, 0.6) is 0 Å². The van der Waals surface area contributed by atoms with Gasteiger partial charge in [0.15, 0.2) is 0 Å². The van der Waals surface area contributed by atoms with Gasteiger partial charge >= 0.3 is 0 Å². The molecule has 1 aliphatic heterocycles. The molecule has 0 aliphatic carbocycles. The van der Waals surface area contributed by atoms with Gasteiger partial charge < -0.3 is 10.6 Å². The maximum atomic E-state index is 12.0. The van der Waals surface area contributed by atoms with Gasteiger partial charge in [0, 0.05) is 25.6 Å². The third kappa shape index (κ3) is 5.08. The molecular formula is C13H19Cl3N2OS. The van der Waals surface area contributed by atoms with Crippen molar-refractivity contribution in [2.24, 2.45) is 5.73 Å². The summed E-state index contributed by atoms with van der Waals surface area (Å²) in [6.07, 6.45) is 4.02. The first-order chi connectivity index (χ1) is 9.06. The Labute approximate surface area is 139 Å². The molecule has 0 atom stereocenters. The SMILES string of the molecule is Cl.NC1CCN(C(=O)CCCc2cc(Cl)sc2Cl)CC1. The second-order valence-corrected chi connectivity index (χ2v) is 7.21. The van der Waals surface area contributed by atoms with Gasteiger partial charge in [0.2, 0.25) is 5.91 Å². The highest BCUT2D eigenvalue weighted by molar-refractivity contribution is 7.20. The van der Waals surface area contributed by atoms with Crippen LogP contribution in [0.1, 0.15) is 31.2 Å². The van der Waals surface area contributed by atoms with Gasteiger partial charge in [0.1, 0.15) is 0 Å². The number of halogens is 3. The van der Waals surface area contributed by atoms with Crippen molar-refractivity contribution in [1.82, 2.24) is 4.90 Å². The maximum absolute atomic E-state index is 12.0. The summed E-state index contributed by atoms with van der Waals surface area (Å²) in [5, 5.41) is 0. The number of piperidine rings is 1. The Bertz CT molecular complexity index is 445. The number of amides is 1. The monoisotopic (exact) mass is 356 g/mol. The average Bonchev–Trinajstić information content (AvgIpc) is 2.68. The van der Waals surface area contributed by atoms with Crippen molar-refractivity contribution in [2.75, 3.05) is 13.1 Å². The van der Waals surface area contributed by atoms with Crippen molar-refractivity contribution in [3.8, 4) is 0 Å². The third-order valence-corrected chi connectivity index (χ3v) is 5.03. The van der Waals surface area contributed by atoms with E-state index in [2.05, 4.69) is 0 Å². The summed E-state index contributed by atoms with van der Waals surface area (Å²) in [7, 11) is 0. The Balaban J connectivity index is 0.00000200. The van der Waals surface area contributed by atoms with E-state index in [1.165, 1.54) is 11.3 Å². The first-order valence-corrected chi connectivity index (χ1v) is 8.10. The minimum Gasteiger partial charge on any atom is -0.343 e. The number of hydrogen-bond donors (Lipinski definition) is 1. The van der Waals surface area contributed by atoms with Gasteiger partial charge in [-0.05, 0) is 37.3 Å². The van der Waals surface area contributed by atoms with Crippen LogP contribution in [-0.4, -0.2) is 29.9 Å². The highest BCUT2D eigenvalue weighted by Gasteiger charge is 2.20. The number of carbonyl (C=O) groups excluding carboxylic acids is 1. The summed E-state index contributed by atoms with van der Waals surface area (Å²) in [6.45, 7) is 1.59. The second-order valence-electron chi connectivity index (χ2n) is 4.92. The molecular weight excluding hydrogens is 339 g/mol. The quantitative estimate of drug-likeness (QED) is 0.892. The molecule has 1 saturated heterocycles. The van der Waals surface area contributed by atoms with Crippen molar-refractivity contribution in [3.05, 3.63) is 20.3 Å². The smallest absolute Gasteiger partial charge is 0.222 e. The number of rotatable bonds is 4. The van der Waals surface area contributed by atoms with Gasteiger partial charge in [-0.2, -0.15) is 0 Å². The minimum absolute atomic E-state index is 0. The van der Waals surface area contributed by atoms with E-state index < -0.39 is 0 Å². The molecule has 114 valence electrons. The number of likely N-dealkylation sites (tertiary alicyclic amines) is 1. The zero-order valence-electron chi connectivity index (χ0n) is 11.1. The Morgan fingerprint density at radius 3 is 2.60 bits per heavy atom. The number of thiophene rings is 1. The molecule has 0 saturated carbocycles. The minimum atomic E-state index is 0. The molecule has 0 unspecified atom stereocenters. The molecule has 0 spiro atoms. The zero-order valence-corrected chi connectivity index (χ0v) is 14.3. The van der Waals surface area contributed by atoms with Gasteiger partial charge in [-0.3, -0.25) is 4.79 Å². The van der Waals surface area contributed by atoms with Crippen LogP contribution in [0.4, 0.5) is 0 Å². The lowest BCUT2D eigenvalue weighted by molar-refractivity contribution is -0.132. The molecule has 1 aliphatic rings. The molecule has 1 amide bonds. The molecule has 0 radical (unpaired) electrons. The van der Waals surface area contributed by atoms with Crippen LogP contribution in [0.3, 0.4) is 0 Å². The molecule has 2 rings (SSSR count). The van der Waals surface area contributed by atoms with Gasteiger partial charge in [-0.15, -0.1) is 23.7 Å². The Kier molecular flexibility index (Phi) is 7.62. The molecule has 1 fully saturated rings. The molecule has 7 heteroatoms. The van der Waals surface area contributed by atoms with Crippen LogP contribution in [0.15, 0.2) is 6.07 Å². The lowest BCUT2D eigenvalue weighted by Crippen LogP contribution is -2.42. The Morgan fingerprint density at radius 1 is 1.40 bits per heavy atom. The van der Waals surface area contributed by atoms with E-state index in [-0.39, 0.29) is 24.4 Å². The van der Waals surface area contributed by atoms with E-state index in [1.54, 1.807) is 0 Å². The van der Waals surface area contributed by atoms with Gasteiger partial charge in [-0.25, -0.2) is 0 Å². The Morgan fingerprint density at radius 2 is 2.05 bits per heavy atom. The summed E-state index contributed by atoms with van der Waals surface area (Å²) < 4.78 is 1.44. The largest absolute Gasteiger partial charge is 0.343 e. The normalized spacial score (nSPS) is 16.1. The fraction of sp³-hybridized carbons (Fsp3) is 0.615. The standard InChI is InChI=1S/C13H18Cl2N2OS.ClH/c14-11-8-9(13(15)19-11)2-1-3-12(18)17-6-4-10(16)5-7-17;/h8,10H,1-7,16H2;1H. The lowest BCUT2D eigenvalue weighted by atomic mass is 10.1. The number of carbonyl (C=O) groups is 1. The third-order valence-electron chi connectivity index (χ3n) is 3.46. The summed E-state index contributed by atoms with van der Waals surface area (Å²) in [5.41, 5.74) is 6.87. The summed E-state index contributed by atoms with van der Waals surface area (Å²) >= 11 is 13.3. The number of nitrogens with zero attached hydrogens (tertiary/aromatic N) is 1. The van der Waals surface area contributed by atoms with Crippen LogP contribution < -0.4 is 5.73 Å². The predicted molar refractivity (Wildman–Crippen MR) is 88.3 cm³/mol. The number of hydrogen-bond acceptors (Lipinski definition) is 3. The van der Waals surface area contributed by atoms with Crippen molar-refractivity contribution < 1.29 is 4.79 Å². The topological polar surface area (TPSA) is 46.3 Å². The van der Waals surface area contributed by atoms with Gasteiger partial charge in [0.05, 0.1) is 8.67 Å². The van der Waals surface area contributed by atoms with Gasteiger partial charge in [0.25, 0.3) is 0 Å². The van der Waals surface area contributed by atoms with E-state index in [9.17, 15) is 4.79 Å². The molecule has 2 N–H and O–H groups in total. The van der Waals surface area contributed by atoms with Crippen molar-refractivity contribution in [2.45, 2.75) is 38.1 Å². The Hall–Kier alpha value is -0.0000000000000000555. The maximum Gasteiger partial charge on any atom is 0.222 e. The van der Waals surface area contributed by atoms with Gasteiger partial charge in [-0.1, -0.05) is 23.2 Å². The van der Waals surface area contributed by atoms with Crippen LogP contribution >= 0.6 is 46.9 Å². The summed E-state index contributed by atoms with van der Waals surface area (Å²) in [6, 6.07) is 2.15. The molecule has 0 bridgehead atoms. The number of aryl methyl sites for hydroxylation is 1. The number of nitrogens with two attached hydrogens (primary N) is 1. The van der Waals surface area contributed by atoms with Crippen LogP contribution in [-0.2, 0) is 11.2 Å². The molecule has 0 aromatic carbocycles. The highest BCUT2D eigenvalue weighted by Crippen LogP contribution is 2.32. The second kappa shape index (κ2) is 8.44. The first kappa shape index (κ1) is 18.1. The fourth-order valence-electron chi connectivity index (χ4n) is 2.28. The van der Waals surface area contributed by atoms with E-state index in [4.69, 9.17) is 28.9 Å². The van der Waals surface area contributed by atoms with Crippen LogP contribution in [0.25, 0.3) is 0 Å². The molecule has 1 aromatic rings. The van der Waals surface area contributed by atoms with E-state index in [1.807, 2.05) is 11.0 Å². The van der Waals surface area contributed by atoms with Crippen LogP contribution in [0.2, 0.25) is 8.67 Å². The molecule has 1 aromatic heterocycles. The van der Waals surface area contributed by atoms with Crippen molar-refractivity contribution >= 4 is 52.9 Å². The summed E-state index contributed by atoms with van der Waals surface area (Å²) in [5.74, 6) is 0.226. The van der Waals surface area contributed by atoms with E-state index in [0.29, 0.717) is 10.8 Å². The molecule has 2 heterocycles.